The van der Waals surface area contributed by atoms with Gasteiger partial charge in [0.1, 0.15) is 18.1 Å². The molecule has 3 amide bonds. The van der Waals surface area contributed by atoms with Crippen LogP contribution in [-0.4, -0.2) is 76.0 Å². The Morgan fingerprint density at radius 3 is 1.83 bits per heavy atom. The molecule has 0 saturated heterocycles. The maximum atomic E-state index is 12.7. The Morgan fingerprint density at radius 1 is 0.867 bits per heavy atom. The van der Waals surface area contributed by atoms with Gasteiger partial charge in [-0.25, -0.2) is 0 Å². The normalized spacial score (nSPS) is 14.9. The Morgan fingerprint density at radius 2 is 1.37 bits per heavy atom. The van der Waals surface area contributed by atoms with E-state index in [2.05, 4.69) is 16.0 Å². The van der Waals surface area contributed by atoms with Crippen molar-refractivity contribution < 1.29 is 34.2 Å². The van der Waals surface area contributed by atoms with Crippen molar-refractivity contribution in [1.82, 2.24) is 16.0 Å². The van der Waals surface area contributed by atoms with Gasteiger partial charge in [-0.05, 0) is 37.7 Å². The maximum absolute atomic E-state index is 12.7. The Labute approximate surface area is 179 Å². The second kappa shape index (κ2) is 13.8. The van der Waals surface area contributed by atoms with Gasteiger partial charge in [-0.3, -0.25) is 24.0 Å². The van der Waals surface area contributed by atoms with Crippen molar-refractivity contribution >= 4 is 41.4 Å². The predicted octanol–water partition coefficient (Wildman–Crippen LogP) is -0.853. The van der Waals surface area contributed by atoms with E-state index in [4.69, 9.17) is 15.9 Å². The molecule has 0 aliphatic heterocycles. The Kier molecular flexibility index (Phi) is 12.7. The summed E-state index contributed by atoms with van der Waals surface area (Å²) in [5, 5.41) is 25.1. The molecule has 0 aliphatic rings. The minimum Gasteiger partial charge on any atom is -0.481 e. The number of carbonyl (C=O) groups is 5. The van der Waals surface area contributed by atoms with E-state index in [-0.39, 0.29) is 25.2 Å². The summed E-state index contributed by atoms with van der Waals surface area (Å²) in [6, 6.07) is -4.30. The van der Waals surface area contributed by atoms with Gasteiger partial charge >= 0.3 is 11.9 Å². The lowest BCUT2D eigenvalue weighted by molar-refractivity contribution is -0.141. The molecule has 0 aromatic carbocycles. The summed E-state index contributed by atoms with van der Waals surface area (Å²) >= 11 is 1.43. The molecule has 7 N–H and O–H groups in total. The lowest BCUT2D eigenvalue weighted by Gasteiger charge is -2.25. The summed E-state index contributed by atoms with van der Waals surface area (Å²) in [5.74, 6) is -4.12. The van der Waals surface area contributed by atoms with Crippen molar-refractivity contribution in [3.63, 3.8) is 0 Å². The Bertz CT molecular complexity index is 630. The van der Waals surface area contributed by atoms with E-state index in [1.165, 1.54) is 18.7 Å². The fourth-order valence-corrected chi connectivity index (χ4v) is 2.73. The first-order chi connectivity index (χ1) is 13.9. The van der Waals surface area contributed by atoms with E-state index in [0.717, 1.165) is 0 Å². The Balaban J connectivity index is 5.36. The molecule has 0 bridgehead atoms. The van der Waals surface area contributed by atoms with Crippen molar-refractivity contribution in [3.05, 3.63) is 0 Å². The summed E-state index contributed by atoms with van der Waals surface area (Å²) in [6.45, 7) is 4.74. The molecule has 0 aromatic rings. The number of rotatable bonds is 14. The number of carbonyl (C=O) groups excluding carboxylic acids is 3. The molecule has 0 saturated carbocycles. The largest absolute Gasteiger partial charge is 0.481 e. The second-order valence-electron chi connectivity index (χ2n) is 7.17. The van der Waals surface area contributed by atoms with Gasteiger partial charge in [0.25, 0.3) is 0 Å². The number of aliphatic carboxylic acids is 2. The van der Waals surface area contributed by atoms with E-state index >= 15 is 0 Å². The summed E-state index contributed by atoms with van der Waals surface area (Å²) in [5.41, 5.74) is 5.78. The quantitative estimate of drug-likeness (QED) is 0.197. The van der Waals surface area contributed by atoms with E-state index in [0.29, 0.717) is 5.75 Å². The number of amides is 3. The van der Waals surface area contributed by atoms with Crippen molar-refractivity contribution in [3.8, 4) is 0 Å². The standard InChI is InChI=1S/C18H32N4O7S/c1-9(2)14(19)17(27)22-11(5-6-13(23)24)16(26)21-12(7-8-30-4)15(25)20-10(3)18(28)29/h9-12,14H,5-8,19H2,1-4H3,(H,20,25)(H,21,26)(H,22,27)(H,23,24)(H,28,29). The van der Waals surface area contributed by atoms with Crippen LogP contribution < -0.4 is 21.7 Å². The topological polar surface area (TPSA) is 188 Å². The molecule has 0 aromatic heterocycles. The minimum atomic E-state index is -1.23. The number of hydrogen-bond donors (Lipinski definition) is 6. The fourth-order valence-electron chi connectivity index (χ4n) is 2.26. The number of nitrogens with two attached hydrogens (primary N) is 1. The zero-order valence-corrected chi connectivity index (χ0v) is 18.5. The first-order valence-electron chi connectivity index (χ1n) is 9.50. The van der Waals surface area contributed by atoms with Crippen molar-refractivity contribution in [2.45, 2.75) is 64.2 Å². The first-order valence-corrected chi connectivity index (χ1v) is 10.9. The third-order valence-electron chi connectivity index (χ3n) is 4.27. The van der Waals surface area contributed by atoms with Gasteiger partial charge in [-0.15, -0.1) is 0 Å². The average Bonchev–Trinajstić information content (AvgIpc) is 2.66. The molecule has 11 nitrogen and oxygen atoms in total. The van der Waals surface area contributed by atoms with Crippen LogP contribution in [0.2, 0.25) is 0 Å². The third-order valence-corrected chi connectivity index (χ3v) is 4.92. The molecule has 30 heavy (non-hydrogen) atoms. The zero-order chi connectivity index (χ0) is 23.4. The number of thioether (sulfide) groups is 1. The van der Waals surface area contributed by atoms with E-state index in [9.17, 15) is 24.0 Å². The molecule has 12 heteroatoms. The molecule has 0 heterocycles. The molecule has 0 fully saturated rings. The second-order valence-corrected chi connectivity index (χ2v) is 8.16. The van der Waals surface area contributed by atoms with Gasteiger partial charge < -0.3 is 31.9 Å². The van der Waals surface area contributed by atoms with Crippen LogP contribution in [-0.2, 0) is 24.0 Å². The Hall–Kier alpha value is -2.34. The monoisotopic (exact) mass is 448 g/mol. The number of hydrogen-bond acceptors (Lipinski definition) is 7. The molecule has 4 atom stereocenters. The molecular formula is C18H32N4O7S. The first kappa shape index (κ1) is 27.7. The van der Waals surface area contributed by atoms with Crippen LogP contribution in [0.1, 0.15) is 40.0 Å². The predicted molar refractivity (Wildman–Crippen MR) is 112 cm³/mol. The van der Waals surface area contributed by atoms with Crippen LogP contribution >= 0.6 is 11.8 Å². The molecule has 172 valence electrons. The SMILES string of the molecule is CSCCC(NC(=O)C(CCC(=O)O)NC(=O)C(N)C(C)C)C(=O)NC(C)C(=O)O. The van der Waals surface area contributed by atoms with Crippen LogP contribution in [0.25, 0.3) is 0 Å². The van der Waals surface area contributed by atoms with Gasteiger partial charge in [0.15, 0.2) is 0 Å². The highest BCUT2D eigenvalue weighted by Crippen LogP contribution is 2.06. The third kappa shape index (κ3) is 10.4. The van der Waals surface area contributed by atoms with Crippen LogP contribution in [0.15, 0.2) is 0 Å². The number of carboxylic acids is 2. The molecular weight excluding hydrogens is 416 g/mol. The van der Waals surface area contributed by atoms with Gasteiger partial charge in [-0.1, -0.05) is 13.8 Å². The highest BCUT2D eigenvalue weighted by molar-refractivity contribution is 7.98. The fraction of sp³-hybridized carbons (Fsp3) is 0.722. The molecule has 0 spiro atoms. The minimum absolute atomic E-state index is 0.194. The summed E-state index contributed by atoms with van der Waals surface area (Å²) in [7, 11) is 0. The maximum Gasteiger partial charge on any atom is 0.325 e. The summed E-state index contributed by atoms with van der Waals surface area (Å²) in [6.07, 6.45) is 1.45. The van der Waals surface area contributed by atoms with Crippen LogP contribution in [0, 0.1) is 5.92 Å². The lowest BCUT2D eigenvalue weighted by Crippen LogP contribution is -2.57. The van der Waals surface area contributed by atoms with E-state index < -0.39 is 53.8 Å². The molecule has 0 aliphatic carbocycles. The van der Waals surface area contributed by atoms with Gasteiger partial charge in [0.05, 0.1) is 6.04 Å². The zero-order valence-electron chi connectivity index (χ0n) is 17.6. The van der Waals surface area contributed by atoms with Crippen molar-refractivity contribution in [2.24, 2.45) is 11.7 Å². The number of carboxylic acid groups (broad SMARTS) is 2. The number of nitrogens with one attached hydrogen (secondary N) is 3. The van der Waals surface area contributed by atoms with Gasteiger partial charge in [-0.2, -0.15) is 11.8 Å². The summed E-state index contributed by atoms with van der Waals surface area (Å²) < 4.78 is 0. The average molecular weight is 449 g/mol. The summed E-state index contributed by atoms with van der Waals surface area (Å²) in [4.78, 5) is 59.3. The van der Waals surface area contributed by atoms with Gasteiger partial charge in [0.2, 0.25) is 17.7 Å². The van der Waals surface area contributed by atoms with Crippen molar-refractivity contribution in [1.29, 1.82) is 0 Å². The highest BCUT2D eigenvalue weighted by atomic mass is 32.2. The molecule has 0 rings (SSSR count). The van der Waals surface area contributed by atoms with E-state index in [1.807, 2.05) is 0 Å². The molecule has 4 unspecified atom stereocenters. The van der Waals surface area contributed by atoms with Crippen LogP contribution in [0.3, 0.4) is 0 Å². The van der Waals surface area contributed by atoms with Crippen LogP contribution in [0.5, 0.6) is 0 Å². The highest BCUT2D eigenvalue weighted by Gasteiger charge is 2.30. The van der Waals surface area contributed by atoms with Crippen molar-refractivity contribution in [2.75, 3.05) is 12.0 Å². The molecule has 0 radical (unpaired) electrons. The van der Waals surface area contributed by atoms with Crippen LogP contribution in [0.4, 0.5) is 0 Å². The van der Waals surface area contributed by atoms with Gasteiger partial charge in [0, 0.05) is 6.42 Å². The lowest BCUT2D eigenvalue weighted by atomic mass is 10.0. The smallest absolute Gasteiger partial charge is 0.325 e. The van der Waals surface area contributed by atoms with E-state index in [1.54, 1.807) is 20.1 Å².